The van der Waals surface area contributed by atoms with Gasteiger partial charge in [-0.3, -0.25) is 9.69 Å². The average molecular weight is 372 g/mol. The normalized spacial score (nSPS) is 26.7. The Hall–Kier alpha value is -2.22. The average Bonchev–Trinajstić information content (AvgIpc) is 2.98. The molecule has 1 aromatic carbocycles. The molecule has 3 heterocycles. The van der Waals surface area contributed by atoms with Gasteiger partial charge < -0.3 is 19.8 Å². The Morgan fingerprint density at radius 2 is 1.93 bits per heavy atom. The molecule has 0 aliphatic carbocycles. The van der Waals surface area contributed by atoms with Crippen LogP contribution in [0.15, 0.2) is 30.0 Å². The molecule has 0 aromatic heterocycles. The lowest BCUT2D eigenvalue weighted by atomic mass is 9.82. The van der Waals surface area contributed by atoms with Crippen LogP contribution in [0.1, 0.15) is 24.5 Å². The van der Waals surface area contributed by atoms with Gasteiger partial charge in [-0.25, -0.2) is 4.79 Å². The molecule has 4 rings (SSSR count). The highest BCUT2D eigenvalue weighted by Crippen LogP contribution is 2.46. The molecule has 0 unspecified atom stereocenters. The molecule has 144 valence electrons. The van der Waals surface area contributed by atoms with E-state index in [2.05, 4.69) is 4.90 Å². The zero-order valence-electron chi connectivity index (χ0n) is 15.3. The van der Waals surface area contributed by atoms with Gasteiger partial charge in [-0.2, -0.15) is 0 Å². The maximum Gasteiger partial charge on any atom is 0.352 e. The second kappa shape index (κ2) is 7.07. The number of carboxylic acids is 1. The third-order valence-corrected chi connectivity index (χ3v) is 5.74. The Morgan fingerprint density at radius 1 is 1.26 bits per heavy atom. The van der Waals surface area contributed by atoms with Crippen LogP contribution in [-0.2, 0) is 20.9 Å². The van der Waals surface area contributed by atoms with E-state index in [9.17, 15) is 19.8 Å². The van der Waals surface area contributed by atoms with E-state index < -0.39 is 18.0 Å². The molecular formula is C20H24N2O5. The summed E-state index contributed by atoms with van der Waals surface area (Å²) in [5, 5.41) is 19.5. The van der Waals surface area contributed by atoms with Gasteiger partial charge in [-0.15, -0.1) is 0 Å². The Labute approximate surface area is 157 Å². The van der Waals surface area contributed by atoms with Crippen molar-refractivity contribution in [1.29, 1.82) is 0 Å². The number of amides is 1. The summed E-state index contributed by atoms with van der Waals surface area (Å²) >= 11 is 0. The van der Waals surface area contributed by atoms with E-state index in [4.69, 9.17) is 4.74 Å². The molecule has 3 atom stereocenters. The molecule has 1 amide bonds. The van der Waals surface area contributed by atoms with Crippen LogP contribution in [0.25, 0.3) is 5.57 Å². The smallest absolute Gasteiger partial charge is 0.352 e. The fourth-order valence-electron chi connectivity index (χ4n) is 4.36. The summed E-state index contributed by atoms with van der Waals surface area (Å²) < 4.78 is 5.36. The summed E-state index contributed by atoms with van der Waals surface area (Å²) in [7, 11) is 0. The van der Waals surface area contributed by atoms with Crippen molar-refractivity contribution < 1.29 is 24.5 Å². The van der Waals surface area contributed by atoms with Crippen LogP contribution in [0.5, 0.6) is 0 Å². The number of benzene rings is 1. The summed E-state index contributed by atoms with van der Waals surface area (Å²) in [6.07, 6.45) is -0.310. The first-order valence-corrected chi connectivity index (χ1v) is 9.34. The van der Waals surface area contributed by atoms with Crippen LogP contribution < -0.4 is 0 Å². The number of aliphatic hydroxyl groups excluding tert-OH is 1. The lowest BCUT2D eigenvalue weighted by molar-refractivity contribution is -0.161. The largest absolute Gasteiger partial charge is 0.477 e. The predicted octanol–water partition coefficient (Wildman–Crippen LogP) is 0.926. The number of hydrogen-bond donors (Lipinski definition) is 2. The number of carbonyl (C=O) groups is 2. The minimum atomic E-state index is -1.10. The van der Waals surface area contributed by atoms with Crippen LogP contribution in [0.2, 0.25) is 0 Å². The number of hydrogen-bond acceptors (Lipinski definition) is 5. The maximum atomic E-state index is 12.3. The van der Waals surface area contributed by atoms with Crippen LogP contribution in [0.4, 0.5) is 0 Å². The molecule has 0 spiro atoms. The third-order valence-electron chi connectivity index (χ3n) is 5.74. The highest BCUT2D eigenvalue weighted by molar-refractivity contribution is 6.06. The quantitative estimate of drug-likeness (QED) is 0.748. The van der Waals surface area contributed by atoms with Crippen molar-refractivity contribution >= 4 is 17.4 Å². The van der Waals surface area contributed by atoms with Crippen molar-refractivity contribution in [1.82, 2.24) is 9.80 Å². The topological polar surface area (TPSA) is 90.3 Å². The third kappa shape index (κ3) is 3.16. The van der Waals surface area contributed by atoms with E-state index in [0.29, 0.717) is 12.0 Å². The van der Waals surface area contributed by atoms with Crippen LogP contribution >= 0.6 is 0 Å². The fraction of sp³-hybridized carbons (Fsp3) is 0.500. The first-order chi connectivity index (χ1) is 13.0. The van der Waals surface area contributed by atoms with Crippen molar-refractivity contribution in [2.75, 3.05) is 26.3 Å². The second-order valence-electron chi connectivity index (χ2n) is 7.46. The fourth-order valence-corrected chi connectivity index (χ4v) is 4.36. The minimum Gasteiger partial charge on any atom is -0.477 e. The van der Waals surface area contributed by atoms with E-state index in [1.165, 1.54) is 4.90 Å². The number of fused-ring (bicyclic) bond motifs is 1. The first kappa shape index (κ1) is 18.2. The summed E-state index contributed by atoms with van der Waals surface area (Å²) in [4.78, 5) is 27.8. The van der Waals surface area contributed by atoms with Gasteiger partial charge >= 0.3 is 5.97 Å². The second-order valence-corrected chi connectivity index (χ2v) is 7.46. The van der Waals surface area contributed by atoms with Crippen molar-refractivity contribution in [3.8, 4) is 0 Å². The molecule has 27 heavy (non-hydrogen) atoms. The Balaban J connectivity index is 1.55. The van der Waals surface area contributed by atoms with Gasteiger partial charge in [-0.1, -0.05) is 24.3 Å². The Bertz CT molecular complexity index is 780. The Kier molecular flexibility index (Phi) is 4.75. The van der Waals surface area contributed by atoms with Gasteiger partial charge in [0.25, 0.3) is 0 Å². The molecule has 1 aromatic rings. The van der Waals surface area contributed by atoms with Crippen molar-refractivity contribution in [3.05, 3.63) is 41.1 Å². The molecule has 2 N–H and O–H groups in total. The van der Waals surface area contributed by atoms with Crippen LogP contribution in [0, 0.1) is 5.92 Å². The SMILES string of the molecule is C[C@@H](O)[C@H]1C(=O)N2C(C(=O)O)=C(c3ccc(CN4CCOCC4)cc3)C[C@H]12. The maximum absolute atomic E-state index is 12.3. The van der Waals surface area contributed by atoms with Crippen molar-refractivity contribution in [2.24, 2.45) is 5.92 Å². The zero-order chi connectivity index (χ0) is 19.1. The summed E-state index contributed by atoms with van der Waals surface area (Å²) in [6.45, 7) is 5.75. The van der Waals surface area contributed by atoms with Gasteiger partial charge in [0, 0.05) is 19.6 Å². The highest BCUT2D eigenvalue weighted by atomic mass is 16.5. The molecule has 7 nitrogen and oxygen atoms in total. The summed E-state index contributed by atoms with van der Waals surface area (Å²) in [6, 6.07) is 7.64. The summed E-state index contributed by atoms with van der Waals surface area (Å²) in [5.41, 5.74) is 2.71. The first-order valence-electron chi connectivity index (χ1n) is 9.34. The monoisotopic (exact) mass is 372 g/mol. The van der Waals surface area contributed by atoms with Gasteiger partial charge in [0.05, 0.1) is 31.3 Å². The van der Waals surface area contributed by atoms with Crippen LogP contribution in [-0.4, -0.2) is 70.3 Å². The van der Waals surface area contributed by atoms with Gasteiger partial charge in [0.15, 0.2) is 0 Å². The van der Waals surface area contributed by atoms with Gasteiger partial charge in [0.2, 0.25) is 5.91 Å². The number of aliphatic carboxylic acids is 1. The highest BCUT2D eigenvalue weighted by Gasteiger charge is 2.56. The molecule has 0 radical (unpaired) electrons. The molecular weight excluding hydrogens is 348 g/mol. The number of nitrogens with zero attached hydrogens (tertiary/aromatic N) is 2. The van der Waals surface area contributed by atoms with Crippen molar-refractivity contribution in [2.45, 2.75) is 32.0 Å². The molecule has 0 bridgehead atoms. The molecule has 7 heteroatoms. The molecule has 0 saturated carbocycles. The number of carboxylic acid groups (broad SMARTS) is 1. The lowest BCUT2D eigenvalue weighted by Gasteiger charge is -2.44. The van der Waals surface area contributed by atoms with Crippen molar-refractivity contribution in [3.63, 3.8) is 0 Å². The zero-order valence-corrected chi connectivity index (χ0v) is 15.3. The van der Waals surface area contributed by atoms with Gasteiger partial charge in [-0.05, 0) is 30.0 Å². The number of rotatable bonds is 5. The van der Waals surface area contributed by atoms with Crippen LogP contribution in [0.3, 0.4) is 0 Å². The summed E-state index contributed by atoms with van der Waals surface area (Å²) in [5.74, 6) is -1.91. The van der Waals surface area contributed by atoms with E-state index in [-0.39, 0.29) is 17.6 Å². The molecule has 2 fully saturated rings. The number of morpholine rings is 1. The Morgan fingerprint density at radius 3 is 2.52 bits per heavy atom. The van der Waals surface area contributed by atoms with E-state index in [0.717, 1.165) is 44.0 Å². The van der Waals surface area contributed by atoms with E-state index in [1.807, 2.05) is 24.3 Å². The van der Waals surface area contributed by atoms with E-state index in [1.54, 1.807) is 6.92 Å². The number of aliphatic hydroxyl groups is 1. The minimum absolute atomic E-state index is 0.0582. The number of carbonyl (C=O) groups excluding carboxylic acids is 1. The molecule has 3 aliphatic rings. The number of β-lactam (4-membered cyclic amide) rings is 1. The standard InChI is InChI=1S/C20H24N2O5/c1-12(23)17-16-10-15(18(20(25)26)22(16)19(17)24)14-4-2-13(3-5-14)11-21-6-8-27-9-7-21/h2-5,12,16-17,23H,6-11H2,1H3,(H,25,26)/t12-,16-,17-/m1/s1. The predicted molar refractivity (Wildman–Crippen MR) is 97.5 cm³/mol. The molecule has 3 aliphatic heterocycles. The van der Waals surface area contributed by atoms with E-state index >= 15 is 0 Å². The molecule has 2 saturated heterocycles. The van der Waals surface area contributed by atoms with Gasteiger partial charge in [0.1, 0.15) is 5.70 Å². The number of ether oxygens (including phenoxy) is 1. The lowest BCUT2D eigenvalue weighted by Crippen LogP contribution is -2.61.